The second-order valence-electron chi connectivity index (χ2n) is 3.79. The van der Waals surface area contributed by atoms with Gasteiger partial charge in [-0.3, -0.25) is 4.98 Å². The number of nitriles is 1. The minimum Gasteiger partial charge on any atom is -0.261 e. The lowest BCUT2D eigenvalue weighted by molar-refractivity contribution is 0.568. The molecule has 0 bridgehead atoms. The Bertz CT molecular complexity index is 315. The molecular formula is C10H12N2. The highest BCUT2D eigenvalue weighted by atomic mass is 14.7. The molecule has 0 unspecified atom stereocenters. The van der Waals surface area contributed by atoms with E-state index in [1.165, 1.54) is 0 Å². The molecule has 0 saturated carbocycles. The van der Waals surface area contributed by atoms with Crippen molar-refractivity contribution in [1.82, 2.24) is 4.98 Å². The Morgan fingerprint density at radius 1 is 1.42 bits per heavy atom. The van der Waals surface area contributed by atoms with Crippen molar-refractivity contribution in [2.24, 2.45) is 0 Å². The van der Waals surface area contributed by atoms with Gasteiger partial charge in [0.2, 0.25) is 0 Å². The summed E-state index contributed by atoms with van der Waals surface area (Å²) in [5.74, 6) is 0. The second-order valence-corrected chi connectivity index (χ2v) is 3.79. The Morgan fingerprint density at radius 3 is 2.58 bits per heavy atom. The molecular weight excluding hydrogens is 148 g/mol. The van der Waals surface area contributed by atoms with Gasteiger partial charge >= 0.3 is 0 Å². The molecule has 0 spiro atoms. The average Bonchev–Trinajstić information content (AvgIpc) is 2.03. The van der Waals surface area contributed by atoms with Gasteiger partial charge < -0.3 is 0 Å². The first-order valence-electron chi connectivity index (χ1n) is 3.90. The predicted octanol–water partition coefficient (Wildman–Crippen LogP) is 2.25. The molecule has 2 heteroatoms. The van der Waals surface area contributed by atoms with Gasteiger partial charge in [-0.2, -0.15) is 5.26 Å². The van der Waals surface area contributed by atoms with Crippen LogP contribution in [0.2, 0.25) is 0 Å². The number of rotatable bonds is 0. The van der Waals surface area contributed by atoms with Crippen LogP contribution in [0.15, 0.2) is 18.3 Å². The first-order valence-corrected chi connectivity index (χ1v) is 3.90. The third-order valence-electron chi connectivity index (χ3n) is 1.66. The fourth-order valence-corrected chi connectivity index (χ4v) is 0.910. The largest absolute Gasteiger partial charge is 0.261 e. The van der Waals surface area contributed by atoms with Crippen molar-refractivity contribution in [2.75, 3.05) is 0 Å². The smallest absolute Gasteiger partial charge is 0.0992 e. The van der Waals surface area contributed by atoms with Gasteiger partial charge in [-0.25, -0.2) is 0 Å². The molecule has 1 aromatic heterocycles. The zero-order valence-corrected chi connectivity index (χ0v) is 7.63. The molecule has 0 saturated heterocycles. The Kier molecular flexibility index (Phi) is 2.14. The van der Waals surface area contributed by atoms with Crippen molar-refractivity contribution < 1.29 is 0 Å². The van der Waals surface area contributed by atoms with E-state index in [0.717, 1.165) is 5.69 Å². The summed E-state index contributed by atoms with van der Waals surface area (Å²) in [7, 11) is 0. The van der Waals surface area contributed by atoms with Gasteiger partial charge in [0.05, 0.1) is 11.6 Å². The molecule has 0 aliphatic rings. The van der Waals surface area contributed by atoms with E-state index in [1.807, 2.05) is 6.07 Å². The van der Waals surface area contributed by atoms with Crippen LogP contribution < -0.4 is 0 Å². The maximum Gasteiger partial charge on any atom is 0.0992 e. The zero-order chi connectivity index (χ0) is 9.19. The van der Waals surface area contributed by atoms with E-state index in [2.05, 4.69) is 31.8 Å². The third kappa shape index (κ3) is 1.82. The Balaban J connectivity index is 3.13. The van der Waals surface area contributed by atoms with Crippen LogP contribution in [-0.4, -0.2) is 4.98 Å². The topological polar surface area (TPSA) is 36.7 Å². The van der Waals surface area contributed by atoms with E-state index < -0.39 is 0 Å². The second kappa shape index (κ2) is 2.94. The van der Waals surface area contributed by atoms with Crippen molar-refractivity contribution in [3.63, 3.8) is 0 Å². The molecule has 0 atom stereocenters. The van der Waals surface area contributed by atoms with Gasteiger partial charge in [0.25, 0.3) is 0 Å². The van der Waals surface area contributed by atoms with Crippen LogP contribution in [-0.2, 0) is 5.41 Å². The van der Waals surface area contributed by atoms with Crippen LogP contribution in [0, 0.1) is 11.3 Å². The molecule has 2 nitrogen and oxygen atoms in total. The quantitative estimate of drug-likeness (QED) is 0.583. The highest BCUT2D eigenvalue weighted by Gasteiger charge is 2.14. The van der Waals surface area contributed by atoms with E-state index in [9.17, 15) is 0 Å². The molecule has 12 heavy (non-hydrogen) atoms. The molecule has 0 aromatic carbocycles. The molecule has 0 N–H and O–H groups in total. The van der Waals surface area contributed by atoms with Crippen molar-refractivity contribution in [3.8, 4) is 6.07 Å². The number of pyridine rings is 1. The Labute approximate surface area is 72.9 Å². The van der Waals surface area contributed by atoms with Crippen LogP contribution >= 0.6 is 0 Å². The summed E-state index contributed by atoms with van der Waals surface area (Å²) in [4.78, 5) is 4.21. The maximum absolute atomic E-state index is 8.65. The lowest BCUT2D eigenvalue weighted by Crippen LogP contribution is -2.13. The Morgan fingerprint density at radius 2 is 2.08 bits per heavy atom. The summed E-state index contributed by atoms with van der Waals surface area (Å²) in [6.07, 6.45) is 1.68. The minimum atomic E-state index is 0.0207. The molecule has 1 aromatic rings. The molecule has 0 aliphatic carbocycles. The van der Waals surface area contributed by atoms with Gasteiger partial charge in [-0.15, -0.1) is 0 Å². The van der Waals surface area contributed by atoms with E-state index in [0.29, 0.717) is 5.56 Å². The molecule has 0 fully saturated rings. The molecule has 0 aliphatic heterocycles. The SMILES string of the molecule is CC(C)(C)c1cc(C#N)ccn1. The van der Waals surface area contributed by atoms with Crippen LogP contribution in [0.3, 0.4) is 0 Å². The highest BCUT2D eigenvalue weighted by molar-refractivity contribution is 5.30. The highest BCUT2D eigenvalue weighted by Crippen LogP contribution is 2.19. The monoisotopic (exact) mass is 160 g/mol. The molecule has 62 valence electrons. The fraction of sp³-hybridized carbons (Fsp3) is 0.400. The number of nitrogens with zero attached hydrogens (tertiary/aromatic N) is 2. The summed E-state index contributed by atoms with van der Waals surface area (Å²) in [5, 5.41) is 8.65. The maximum atomic E-state index is 8.65. The van der Waals surface area contributed by atoms with Crippen molar-refractivity contribution in [2.45, 2.75) is 26.2 Å². The van der Waals surface area contributed by atoms with Crippen LogP contribution in [0.25, 0.3) is 0 Å². The van der Waals surface area contributed by atoms with Crippen molar-refractivity contribution >= 4 is 0 Å². The lowest BCUT2D eigenvalue weighted by atomic mass is 9.91. The average molecular weight is 160 g/mol. The molecule has 0 radical (unpaired) electrons. The number of hydrogen-bond donors (Lipinski definition) is 0. The van der Waals surface area contributed by atoms with Crippen molar-refractivity contribution in [3.05, 3.63) is 29.6 Å². The van der Waals surface area contributed by atoms with Crippen LogP contribution in [0.4, 0.5) is 0 Å². The van der Waals surface area contributed by atoms with E-state index in [1.54, 1.807) is 12.3 Å². The van der Waals surface area contributed by atoms with Crippen LogP contribution in [0.1, 0.15) is 32.0 Å². The normalized spacial score (nSPS) is 10.8. The fourth-order valence-electron chi connectivity index (χ4n) is 0.910. The summed E-state index contributed by atoms with van der Waals surface area (Å²) >= 11 is 0. The predicted molar refractivity (Wildman–Crippen MR) is 47.7 cm³/mol. The standard InChI is InChI=1S/C10H12N2/c1-10(2,3)9-6-8(7-11)4-5-12-9/h4-6H,1-3H3. The molecule has 1 heterocycles. The van der Waals surface area contributed by atoms with Gasteiger partial charge in [0.1, 0.15) is 0 Å². The van der Waals surface area contributed by atoms with E-state index >= 15 is 0 Å². The van der Waals surface area contributed by atoms with Crippen LogP contribution in [0.5, 0.6) is 0 Å². The zero-order valence-electron chi connectivity index (χ0n) is 7.63. The van der Waals surface area contributed by atoms with Gasteiger partial charge in [0.15, 0.2) is 0 Å². The Hall–Kier alpha value is -1.36. The molecule has 0 amide bonds. The third-order valence-corrected chi connectivity index (χ3v) is 1.66. The minimum absolute atomic E-state index is 0.0207. The van der Waals surface area contributed by atoms with Gasteiger partial charge in [-0.05, 0) is 12.1 Å². The summed E-state index contributed by atoms with van der Waals surface area (Å²) in [6.45, 7) is 6.24. The summed E-state index contributed by atoms with van der Waals surface area (Å²) in [6, 6.07) is 5.65. The number of aromatic nitrogens is 1. The number of hydrogen-bond acceptors (Lipinski definition) is 2. The molecule has 1 rings (SSSR count). The summed E-state index contributed by atoms with van der Waals surface area (Å²) < 4.78 is 0. The van der Waals surface area contributed by atoms with Crippen molar-refractivity contribution in [1.29, 1.82) is 5.26 Å². The van der Waals surface area contributed by atoms with Gasteiger partial charge in [0, 0.05) is 17.3 Å². The van der Waals surface area contributed by atoms with E-state index in [-0.39, 0.29) is 5.41 Å². The first kappa shape index (κ1) is 8.73. The van der Waals surface area contributed by atoms with E-state index in [4.69, 9.17) is 5.26 Å². The van der Waals surface area contributed by atoms with Gasteiger partial charge in [-0.1, -0.05) is 20.8 Å². The lowest BCUT2D eigenvalue weighted by Gasteiger charge is -2.16. The summed E-state index contributed by atoms with van der Waals surface area (Å²) in [5.41, 5.74) is 1.66. The first-order chi connectivity index (χ1) is 5.54.